The average Bonchev–Trinajstić information content (AvgIpc) is 3.56. The Morgan fingerprint density at radius 1 is 0.925 bits per heavy atom. The number of amides is 1. The minimum atomic E-state index is 0.103. The first-order valence-electron chi connectivity index (χ1n) is 14.9. The number of anilines is 1. The molecule has 4 heterocycles. The van der Waals surface area contributed by atoms with Crippen LogP contribution in [0.3, 0.4) is 0 Å². The van der Waals surface area contributed by atoms with Crippen molar-refractivity contribution < 1.29 is 14.3 Å². The van der Waals surface area contributed by atoms with E-state index in [1.807, 2.05) is 25.7 Å². The van der Waals surface area contributed by atoms with Crippen molar-refractivity contribution >= 4 is 17.4 Å². The van der Waals surface area contributed by atoms with Crippen molar-refractivity contribution in [3.63, 3.8) is 0 Å². The van der Waals surface area contributed by atoms with Crippen LogP contribution in [0.15, 0.2) is 24.3 Å². The van der Waals surface area contributed by atoms with Gasteiger partial charge in [-0.15, -0.1) is 5.10 Å². The molecule has 3 aliphatic rings. The van der Waals surface area contributed by atoms with Crippen molar-refractivity contribution in [3.8, 4) is 5.75 Å². The number of carbonyl (C=O) groups is 1. The normalized spacial score (nSPS) is 27.4. The molecule has 0 unspecified atom stereocenters. The summed E-state index contributed by atoms with van der Waals surface area (Å²) < 4.78 is 14.1. The van der Waals surface area contributed by atoms with Gasteiger partial charge in [-0.1, -0.05) is 12.1 Å². The van der Waals surface area contributed by atoms with Gasteiger partial charge in [0, 0.05) is 37.7 Å². The number of aromatic nitrogens is 4. The molecule has 0 spiro atoms. The highest BCUT2D eigenvalue weighted by Crippen LogP contribution is 2.38. The third-order valence-electron chi connectivity index (χ3n) is 8.91. The Morgan fingerprint density at radius 3 is 2.33 bits per heavy atom. The fourth-order valence-electron chi connectivity index (χ4n) is 6.90. The minimum Gasteiger partial charge on any atom is -0.485 e. The topological polar surface area (TPSA) is 85.1 Å². The van der Waals surface area contributed by atoms with Crippen LogP contribution >= 0.6 is 0 Å². The van der Waals surface area contributed by atoms with Crippen LogP contribution in [-0.4, -0.2) is 74.9 Å². The van der Waals surface area contributed by atoms with Crippen LogP contribution in [0.25, 0.3) is 5.78 Å². The van der Waals surface area contributed by atoms with Gasteiger partial charge in [-0.25, -0.2) is 4.98 Å². The first-order chi connectivity index (χ1) is 19.2. The van der Waals surface area contributed by atoms with Gasteiger partial charge in [-0.05, 0) is 83.9 Å². The summed E-state index contributed by atoms with van der Waals surface area (Å²) >= 11 is 0. The quantitative estimate of drug-likeness (QED) is 0.462. The van der Waals surface area contributed by atoms with E-state index in [4.69, 9.17) is 9.47 Å². The molecule has 0 bridgehead atoms. The molecule has 1 amide bonds. The second kappa shape index (κ2) is 11.0. The first-order valence-corrected chi connectivity index (χ1v) is 14.9. The lowest BCUT2D eigenvalue weighted by Crippen LogP contribution is -2.50. The van der Waals surface area contributed by atoms with Gasteiger partial charge in [0.15, 0.2) is 5.75 Å². The second-order valence-corrected chi connectivity index (χ2v) is 12.1. The molecule has 2 aliphatic heterocycles. The largest absolute Gasteiger partial charge is 0.485 e. The summed E-state index contributed by atoms with van der Waals surface area (Å²) in [5, 5.41) is 4.47. The van der Waals surface area contributed by atoms with Gasteiger partial charge < -0.3 is 19.3 Å². The van der Waals surface area contributed by atoms with E-state index >= 15 is 0 Å². The van der Waals surface area contributed by atoms with Crippen molar-refractivity contribution in [3.05, 3.63) is 47.0 Å². The summed E-state index contributed by atoms with van der Waals surface area (Å²) in [7, 11) is 0. The second-order valence-electron chi connectivity index (χ2n) is 12.1. The Morgan fingerprint density at radius 2 is 1.62 bits per heavy atom. The van der Waals surface area contributed by atoms with E-state index in [-0.39, 0.29) is 24.2 Å². The van der Waals surface area contributed by atoms with Gasteiger partial charge >= 0.3 is 0 Å². The highest BCUT2D eigenvalue weighted by molar-refractivity contribution is 5.79. The number of rotatable bonds is 5. The Bertz CT molecular complexity index is 1350. The zero-order valence-electron chi connectivity index (χ0n) is 24.5. The predicted octanol–water partition coefficient (Wildman–Crippen LogP) is 4.62. The molecule has 0 radical (unpaired) electrons. The molecule has 9 heteroatoms. The van der Waals surface area contributed by atoms with Crippen LogP contribution < -0.4 is 9.64 Å². The van der Waals surface area contributed by atoms with Crippen LogP contribution in [0.1, 0.15) is 74.6 Å². The lowest BCUT2D eigenvalue weighted by Gasteiger charge is -2.38. The molecular weight excluding hydrogens is 504 g/mol. The summed E-state index contributed by atoms with van der Waals surface area (Å²) in [5.41, 5.74) is 4.43. The number of nitrogens with zero attached hydrogens (tertiary/aromatic N) is 6. The van der Waals surface area contributed by atoms with Gasteiger partial charge in [-0.2, -0.15) is 9.50 Å². The lowest BCUT2D eigenvalue weighted by atomic mass is 9.78. The Kier molecular flexibility index (Phi) is 7.42. The molecular formula is C31H42N6O3. The molecule has 2 saturated heterocycles. The SMILES string of the molecule is Cc1nc2nc(C)c(O[C@@H]3CCN(c4ccc(C5CCC(C(=O)N6C[C@H](C)O[C@@H](C)C6)CC5)cc4)C3)c(C)n2n1. The fraction of sp³-hybridized carbons (Fsp3) is 0.613. The number of ether oxygens (including phenoxy) is 2. The number of hydrogen-bond donors (Lipinski definition) is 0. The first kappa shape index (κ1) is 27.0. The smallest absolute Gasteiger partial charge is 0.253 e. The average molecular weight is 547 g/mol. The zero-order valence-corrected chi connectivity index (χ0v) is 24.5. The highest BCUT2D eigenvalue weighted by Gasteiger charge is 2.33. The molecule has 6 rings (SSSR count). The molecule has 3 aromatic rings. The molecule has 1 aliphatic carbocycles. The summed E-state index contributed by atoms with van der Waals surface area (Å²) in [5.74, 6) is 3.16. The van der Waals surface area contributed by atoms with E-state index in [0.29, 0.717) is 23.4 Å². The monoisotopic (exact) mass is 546 g/mol. The van der Waals surface area contributed by atoms with Crippen LogP contribution in [0.5, 0.6) is 5.75 Å². The van der Waals surface area contributed by atoms with Crippen LogP contribution in [0, 0.1) is 26.7 Å². The van der Waals surface area contributed by atoms with E-state index in [1.54, 1.807) is 4.52 Å². The Balaban J connectivity index is 1.03. The molecule has 1 aromatic carbocycles. The highest BCUT2D eigenvalue weighted by atomic mass is 16.5. The maximum absolute atomic E-state index is 13.2. The van der Waals surface area contributed by atoms with Crippen molar-refractivity contribution in [1.29, 1.82) is 0 Å². The maximum atomic E-state index is 13.2. The maximum Gasteiger partial charge on any atom is 0.253 e. The minimum absolute atomic E-state index is 0.103. The lowest BCUT2D eigenvalue weighted by molar-refractivity contribution is -0.148. The van der Waals surface area contributed by atoms with Crippen molar-refractivity contribution in [2.75, 3.05) is 31.1 Å². The van der Waals surface area contributed by atoms with Crippen molar-refractivity contribution in [1.82, 2.24) is 24.5 Å². The predicted molar refractivity (Wildman–Crippen MR) is 154 cm³/mol. The number of fused-ring (bicyclic) bond motifs is 1. The number of carbonyl (C=O) groups excluding carboxylic acids is 1. The zero-order chi connectivity index (χ0) is 28.0. The number of hydrogen-bond acceptors (Lipinski definition) is 7. The fourth-order valence-corrected chi connectivity index (χ4v) is 6.90. The molecule has 3 fully saturated rings. The molecule has 40 heavy (non-hydrogen) atoms. The molecule has 9 nitrogen and oxygen atoms in total. The van der Waals surface area contributed by atoms with Gasteiger partial charge in [0.2, 0.25) is 5.91 Å². The van der Waals surface area contributed by atoms with Gasteiger partial charge in [0.05, 0.1) is 30.1 Å². The van der Waals surface area contributed by atoms with E-state index in [0.717, 1.165) is 75.4 Å². The van der Waals surface area contributed by atoms with Crippen LogP contribution in [0.4, 0.5) is 5.69 Å². The summed E-state index contributed by atoms with van der Waals surface area (Å²) in [4.78, 5) is 26.6. The Hall–Kier alpha value is -3.20. The summed E-state index contributed by atoms with van der Waals surface area (Å²) in [6.07, 6.45) is 5.42. The number of morpholine rings is 1. The van der Waals surface area contributed by atoms with Gasteiger partial charge in [-0.3, -0.25) is 4.79 Å². The molecule has 2 aromatic heterocycles. The number of aryl methyl sites for hydroxylation is 3. The summed E-state index contributed by atoms with van der Waals surface area (Å²) in [6.45, 7) is 13.2. The van der Waals surface area contributed by atoms with E-state index in [9.17, 15) is 4.79 Å². The molecule has 0 N–H and O–H groups in total. The van der Waals surface area contributed by atoms with E-state index < -0.39 is 0 Å². The summed E-state index contributed by atoms with van der Waals surface area (Å²) in [6, 6.07) is 9.10. The molecule has 1 saturated carbocycles. The van der Waals surface area contributed by atoms with Gasteiger partial charge in [0.25, 0.3) is 5.78 Å². The van der Waals surface area contributed by atoms with Gasteiger partial charge in [0.1, 0.15) is 11.9 Å². The molecule has 214 valence electrons. The molecule has 3 atom stereocenters. The third-order valence-corrected chi connectivity index (χ3v) is 8.91. The van der Waals surface area contributed by atoms with Crippen LogP contribution in [0.2, 0.25) is 0 Å². The number of benzene rings is 1. The van der Waals surface area contributed by atoms with Crippen LogP contribution in [-0.2, 0) is 9.53 Å². The Labute approximate surface area is 236 Å². The third kappa shape index (κ3) is 5.40. The van der Waals surface area contributed by atoms with Crippen molar-refractivity contribution in [2.45, 2.75) is 91.0 Å². The van der Waals surface area contributed by atoms with Crippen molar-refractivity contribution in [2.24, 2.45) is 5.92 Å². The van der Waals surface area contributed by atoms with E-state index in [1.165, 1.54) is 11.3 Å². The standard InChI is InChI=1S/C31H42N6O3/c1-19-16-36(17-20(2)39-19)30(38)26-8-6-24(7-9-26)25-10-12-27(13-11-25)35-15-14-28(18-35)40-29-21(3)32-31-33-23(5)34-37(31)22(29)4/h10-13,19-20,24,26,28H,6-9,14-18H2,1-5H3/t19-,20-,24?,26?,28+/m0/s1. The van der Waals surface area contributed by atoms with E-state index in [2.05, 4.69) is 58.1 Å².